The standard InChI is InChI=1S/C21H18Br2FN7O3/c1-3-29-20(23)13(8-28-29)11-30-17(4-5-27-30)19-16(7-15(24)10-25-19)12(2)34-18-6-14(22)9-26-21(18)31(32)33/h4-10,12H,3,11H2,1-2H3. The fourth-order valence-corrected chi connectivity index (χ4v) is 4.31. The molecule has 0 spiro atoms. The zero-order valence-corrected chi connectivity index (χ0v) is 21.2. The van der Waals surface area contributed by atoms with Gasteiger partial charge in [0.25, 0.3) is 0 Å². The Morgan fingerprint density at radius 3 is 2.68 bits per heavy atom. The molecule has 13 heteroatoms. The van der Waals surface area contributed by atoms with Gasteiger partial charge < -0.3 is 14.9 Å². The molecule has 0 radical (unpaired) electrons. The van der Waals surface area contributed by atoms with E-state index in [1.54, 1.807) is 30.1 Å². The van der Waals surface area contributed by atoms with Crippen LogP contribution < -0.4 is 4.74 Å². The molecule has 0 aliphatic heterocycles. The molecule has 34 heavy (non-hydrogen) atoms. The SMILES string of the molecule is CCn1ncc(Cn2nccc2-c2ncc(F)cc2C(C)Oc2cc(Br)cnc2[N+](=O)[O-])c1Br. The normalized spacial score (nSPS) is 12.0. The molecular formula is C21H18Br2FN7O3. The highest BCUT2D eigenvalue weighted by Crippen LogP contribution is 2.35. The second-order valence-electron chi connectivity index (χ2n) is 7.23. The molecule has 0 saturated heterocycles. The minimum absolute atomic E-state index is 0.0495. The summed E-state index contributed by atoms with van der Waals surface area (Å²) in [5, 5.41) is 20.1. The van der Waals surface area contributed by atoms with Crippen molar-refractivity contribution in [2.45, 2.75) is 33.0 Å². The first kappa shape index (κ1) is 24.0. The Bertz CT molecular complexity index is 1360. The molecule has 0 saturated carbocycles. The molecule has 10 nitrogen and oxygen atoms in total. The lowest BCUT2D eigenvalue weighted by molar-refractivity contribution is -0.390. The van der Waals surface area contributed by atoms with E-state index in [0.717, 1.165) is 16.4 Å². The molecule has 0 fully saturated rings. The number of rotatable bonds is 8. The third kappa shape index (κ3) is 4.85. The highest BCUT2D eigenvalue weighted by atomic mass is 79.9. The molecule has 0 amide bonds. The number of aryl methyl sites for hydroxylation is 1. The Labute approximate surface area is 210 Å². The number of halogens is 3. The lowest BCUT2D eigenvalue weighted by atomic mass is 10.1. The average Bonchev–Trinajstić information content (AvgIpc) is 3.40. The van der Waals surface area contributed by atoms with Crippen molar-refractivity contribution in [2.75, 3.05) is 0 Å². The number of ether oxygens (including phenoxy) is 1. The van der Waals surface area contributed by atoms with Crippen LogP contribution in [0.2, 0.25) is 0 Å². The predicted molar refractivity (Wildman–Crippen MR) is 128 cm³/mol. The van der Waals surface area contributed by atoms with E-state index >= 15 is 0 Å². The quantitative estimate of drug-likeness (QED) is 0.200. The van der Waals surface area contributed by atoms with Gasteiger partial charge in [0.05, 0.1) is 34.8 Å². The van der Waals surface area contributed by atoms with Crippen molar-refractivity contribution in [3.8, 4) is 17.1 Å². The number of hydrogen-bond donors (Lipinski definition) is 0. The van der Waals surface area contributed by atoms with Gasteiger partial charge in [-0.25, -0.2) is 4.39 Å². The number of nitro groups is 1. The van der Waals surface area contributed by atoms with Gasteiger partial charge in [0, 0.05) is 29.9 Å². The number of aromatic nitrogens is 6. The van der Waals surface area contributed by atoms with Crippen molar-refractivity contribution in [3.05, 3.63) is 79.1 Å². The van der Waals surface area contributed by atoms with Gasteiger partial charge in [-0.1, -0.05) is 0 Å². The summed E-state index contributed by atoms with van der Waals surface area (Å²) in [6.45, 7) is 4.76. The molecular weight excluding hydrogens is 577 g/mol. The predicted octanol–water partition coefficient (Wildman–Crippen LogP) is 5.32. The smallest absolute Gasteiger partial charge is 0.406 e. The summed E-state index contributed by atoms with van der Waals surface area (Å²) >= 11 is 6.80. The first-order valence-electron chi connectivity index (χ1n) is 10.1. The van der Waals surface area contributed by atoms with Gasteiger partial charge >= 0.3 is 5.82 Å². The topological polar surface area (TPSA) is 114 Å². The van der Waals surface area contributed by atoms with Crippen LogP contribution >= 0.6 is 31.9 Å². The maximum absolute atomic E-state index is 14.2. The third-order valence-corrected chi connectivity index (χ3v) is 6.37. The summed E-state index contributed by atoms with van der Waals surface area (Å²) in [7, 11) is 0. The molecule has 1 atom stereocenters. The van der Waals surface area contributed by atoms with E-state index in [4.69, 9.17) is 4.74 Å². The van der Waals surface area contributed by atoms with Crippen molar-refractivity contribution < 1.29 is 14.1 Å². The van der Waals surface area contributed by atoms with Crippen molar-refractivity contribution in [1.29, 1.82) is 0 Å². The van der Waals surface area contributed by atoms with E-state index in [-0.39, 0.29) is 5.75 Å². The van der Waals surface area contributed by atoms with Gasteiger partial charge in [-0.15, -0.1) is 0 Å². The Kier molecular flexibility index (Phi) is 7.03. The van der Waals surface area contributed by atoms with Gasteiger partial charge in [-0.05, 0) is 67.7 Å². The molecule has 1 unspecified atom stereocenters. The van der Waals surface area contributed by atoms with Crippen LogP contribution in [0.15, 0.2) is 52.1 Å². The van der Waals surface area contributed by atoms with Crippen LogP contribution in [0.4, 0.5) is 10.2 Å². The summed E-state index contributed by atoms with van der Waals surface area (Å²) in [6, 6.07) is 4.51. The fourth-order valence-electron chi connectivity index (χ4n) is 3.43. The minimum Gasteiger partial charge on any atom is -0.478 e. The first-order chi connectivity index (χ1) is 16.3. The Hall–Kier alpha value is -3.19. The zero-order valence-electron chi connectivity index (χ0n) is 18.0. The highest BCUT2D eigenvalue weighted by Gasteiger charge is 2.24. The van der Waals surface area contributed by atoms with E-state index in [9.17, 15) is 14.5 Å². The maximum atomic E-state index is 14.2. The molecule has 0 aromatic carbocycles. The van der Waals surface area contributed by atoms with Crippen molar-refractivity contribution in [2.24, 2.45) is 0 Å². The van der Waals surface area contributed by atoms with Crippen molar-refractivity contribution in [3.63, 3.8) is 0 Å². The lowest BCUT2D eigenvalue weighted by Crippen LogP contribution is -2.11. The van der Waals surface area contributed by atoms with E-state index in [0.29, 0.717) is 34.5 Å². The molecule has 0 bridgehead atoms. The van der Waals surface area contributed by atoms with Gasteiger partial charge in [0.15, 0.2) is 6.20 Å². The molecule has 0 N–H and O–H groups in total. The van der Waals surface area contributed by atoms with E-state index in [2.05, 4.69) is 52.0 Å². The summed E-state index contributed by atoms with van der Waals surface area (Å²) in [4.78, 5) is 18.8. The third-order valence-electron chi connectivity index (χ3n) is 5.02. The molecule has 4 rings (SSSR count). The maximum Gasteiger partial charge on any atom is 0.406 e. The van der Waals surface area contributed by atoms with Crippen LogP contribution in [0.25, 0.3) is 11.4 Å². The van der Waals surface area contributed by atoms with Crippen LogP contribution in [-0.2, 0) is 13.1 Å². The van der Waals surface area contributed by atoms with E-state index < -0.39 is 22.7 Å². The van der Waals surface area contributed by atoms with Gasteiger partial charge in [0.1, 0.15) is 16.5 Å². The molecule has 0 aliphatic rings. The van der Waals surface area contributed by atoms with E-state index in [1.165, 1.54) is 18.3 Å². The molecule has 4 aromatic heterocycles. The van der Waals surface area contributed by atoms with Crippen LogP contribution in [0, 0.1) is 15.9 Å². The summed E-state index contributed by atoms with van der Waals surface area (Å²) in [5.74, 6) is -1.05. The average molecular weight is 595 g/mol. The van der Waals surface area contributed by atoms with Crippen LogP contribution in [0.3, 0.4) is 0 Å². The summed E-state index contributed by atoms with van der Waals surface area (Å²) in [6.07, 6.45) is 5.00. The summed E-state index contributed by atoms with van der Waals surface area (Å²) < 4.78 is 25.0. The Balaban J connectivity index is 1.71. The molecule has 4 aromatic rings. The lowest BCUT2D eigenvalue weighted by Gasteiger charge is -2.18. The van der Waals surface area contributed by atoms with Gasteiger partial charge in [-0.2, -0.15) is 10.2 Å². The van der Waals surface area contributed by atoms with Crippen molar-refractivity contribution >= 4 is 37.7 Å². The number of hydrogen-bond acceptors (Lipinski definition) is 7. The second kappa shape index (κ2) is 9.97. The Morgan fingerprint density at radius 2 is 1.97 bits per heavy atom. The fraction of sp³-hybridized carbons (Fsp3) is 0.238. The van der Waals surface area contributed by atoms with Crippen LogP contribution in [0.5, 0.6) is 5.75 Å². The Morgan fingerprint density at radius 1 is 1.18 bits per heavy atom. The van der Waals surface area contributed by atoms with Gasteiger partial charge in [-0.3, -0.25) is 14.3 Å². The van der Waals surface area contributed by atoms with Crippen molar-refractivity contribution in [1.82, 2.24) is 29.5 Å². The first-order valence-corrected chi connectivity index (χ1v) is 11.7. The number of pyridine rings is 2. The van der Waals surface area contributed by atoms with Crippen LogP contribution in [0.1, 0.15) is 31.1 Å². The van der Waals surface area contributed by atoms with E-state index in [1.807, 2.05) is 11.6 Å². The molecule has 0 aliphatic carbocycles. The van der Waals surface area contributed by atoms with Gasteiger partial charge in [0.2, 0.25) is 5.75 Å². The van der Waals surface area contributed by atoms with Crippen LogP contribution in [-0.4, -0.2) is 34.5 Å². The number of nitrogens with zero attached hydrogens (tertiary/aromatic N) is 7. The largest absolute Gasteiger partial charge is 0.478 e. The monoisotopic (exact) mass is 593 g/mol. The summed E-state index contributed by atoms with van der Waals surface area (Å²) in [5.41, 5.74) is 2.38. The zero-order chi connectivity index (χ0) is 24.4. The molecule has 4 heterocycles. The molecule has 176 valence electrons. The highest BCUT2D eigenvalue weighted by molar-refractivity contribution is 9.10. The second-order valence-corrected chi connectivity index (χ2v) is 8.90. The minimum atomic E-state index is -0.786.